The molecule has 0 fully saturated rings. The molecule has 1 aromatic carbocycles. The summed E-state index contributed by atoms with van der Waals surface area (Å²) < 4.78 is 0. The zero-order valence-corrected chi connectivity index (χ0v) is 15.9. The van der Waals surface area contributed by atoms with Crippen LogP contribution in [0.25, 0.3) is 0 Å². The van der Waals surface area contributed by atoms with Crippen LogP contribution >= 0.6 is 0 Å². The summed E-state index contributed by atoms with van der Waals surface area (Å²) in [6.07, 6.45) is 6.62. The Balaban J connectivity index is 1.80. The maximum Gasteiger partial charge on any atom is 0.133 e. The van der Waals surface area contributed by atoms with E-state index in [1.165, 1.54) is 0 Å². The van der Waals surface area contributed by atoms with Crippen LogP contribution in [0.3, 0.4) is 0 Å². The minimum Gasteiger partial charge on any atom is -0.507 e. The largest absolute Gasteiger partial charge is 0.507 e. The average molecular weight is 370 g/mol. The summed E-state index contributed by atoms with van der Waals surface area (Å²) in [6.45, 7) is 9.42. The van der Waals surface area contributed by atoms with Gasteiger partial charge in [-0.3, -0.25) is 20.0 Å². The third kappa shape index (κ3) is 4.96. The highest BCUT2D eigenvalue weighted by molar-refractivity contribution is 5.92. The maximum absolute atomic E-state index is 10.6. The van der Waals surface area contributed by atoms with E-state index in [9.17, 15) is 5.11 Å². The fraction of sp³-hybridized carbons (Fsp3) is 0.444. The van der Waals surface area contributed by atoms with Gasteiger partial charge in [-0.05, 0) is 23.1 Å². The van der Waals surface area contributed by atoms with Crippen LogP contribution in [0.2, 0.25) is 0 Å². The molecule has 2 heterocycles. The number of hydrazine groups is 2. The van der Waals surface area contributed by atoms with E-state index in [0.717, 1.165) is 31.7 Å². The van der Waals surface area contributed by atoms with E-state index in [0.29, 0.717) is 11.1 Å². The van der Waals surface area contributed by atoms with Gasteiger partial charge in [0.05, 0.1) is 38.6 Å². The third-order valence-electron chi connectivity index (χ3n) is 4.20. The summed E-state index contributed by atoms with van der Waals surface area (Å²) in [4.78, 5) is 8.22. The van der Waals surface area contributed by atoms with Crippen molar-refractivity contribution in [3.63, 3.8) is 0 Å². The van der Waals surface area contributed by atoms with Crippen molar-refractivity contribution in [3.05, 3.63) is 28.8 Å². The number of hydrogen-bond acceptors (Lipinski definition) is 9. The molecule has 0 radical (unpaired) electrons. The van der Waals surface area contributed by atoms with Gasteiger partial charge in [0.15, 0.2) is 0 Å². The van der Waals surface area contributed by atoms with Crippen LogP contribution in [0, 0.1) is 0 Å². The van der Waals surface area contributed by atoms with Gasteiger partial charge in [-0.2, -0.15) is 10.2 Å². The van der Waals surface area contributed by atoms with Crippen molar-refractivity contribution in [2.75, 3.05) is 26.2 Å². The van der Waals surface area contributed by atoms with Crippen molar-refractivity contribution in [2.45, 2.75) is 26.2 Å². The monoisotopic (exact) mass is 370 g/mol. The number of rotatable bonds is 6. The quantitative estimate of drug-likeness (QED) is 0.513. The van der Waals surface area contributed by atoms with Crippen LogP contribution < -0.4 is 11.1 Å². The second kappa shape index (κ2) is 8.07. The number of nitrogens with zero attached hydrogens (tertiary/aromatic N) is 6. The number of phenolic OH excluding ortho intramolecular Hbond substituents is 1. The highest BCUT2D eigenvalue weighted by Gasteiger charge is 2.18. The molecule has 9 nitrogen and oxygen atoms in total. The smallest absolute Gasteiger partial charge is 0.133 e. The van der Waals surface area contributed by atoms with Crippen LogP contribution in [0.4, 0.5) is 0 Å². The fourth-order valence-electron chi connectivity index (χ4n) is 2.57. The van der Waals surface area contributed by atoms with Gasteiger partial charge in [0.2, 0.25) is 0 Å². The summed E-state index contributed by atoms with van der Waals surface area (Å²) >= 11 is 0. The van der Waals surface area contributed by atoms with E-state index in [1.807, 2.05) is 12.1 Å². The standard InChI is InChI=1S/C18H26N8O/c1-18(2,3)16-8-14(10-21-23-25-6-4-19-12-25)17(27)15(9-16)11-22-24-26-7-5-20-13-26/h8-13,23-24,27H,4-7H2,1-3H3. The normalized spacial score (nSPS) is 17.0. The minimum atomic E-state index is -0.0804. The summed E-state index contributed by atoms with van der Waals surface area (Å²) in [7, 11) is 0. The lowest BCUT2D eigenvalue weighted by atomic mass is 9.85. The number of nitrogens with one attached hydrogen (secondary N) is 2. The molecule has 2 aliphatic rings. The molecule has 27 heavy (non-hydrogen) atoms. The first kappa shape index (κ1) is 18.7. The first-order valence-corrected chi connectivity index (χ1v) is 8.91. The molecule has 3 rings (SSSR count). The topological polar surface area (TPSA) is 100 Å². The van der Waals surface area contributed by atoms with Gasteiger partial charge in [0.25, 0.3) is 0 Å². The fourth-order valence-corrected chi connectivity index (χ4v) is 2.57. The molecule has 0 saturated heterocycles. The van der Waals surface area contributed by atoms with E-state index in [1.54, 1.807) is 35.1 Å². The second-order valence-electron chi connectivity index (χ2n) is 7.40. The van der Waals surface area contributed by atoms with Crippen molar-refractivity contribution < 1.29 is 5.11 Å². The van der Waals surface area contributed by atoms with Crippen molar-refractivity contribution in [1.82, 2.24) is 21.1 Å². The molecule has 0 spiro atoms. The van der Waals surface area contributed by atoms with Crippen LogP contribution in [-0.4, -0.2) is 66.4 Å². The van der Waals surface area contributed by atoms with Gasteiger partial charge in [-0.25, -0.2) is 11.1 Å². The Morgan fingerprint density at radius 2 is 1.44 bits per heavy atom. The zero-order chi connectivity index (χ0) is 19.3. The SMILES string of the molecule is CC(C)(C)c1cc(C=NNN2C=NCC2)c(O)c(C=NNN2C=NCC2)c1. The highest BCUT2D eigenvalue weighted by Crippen LogP contribution is 2.29. The molecule has 0 saturated carbocycles. The molecule has 2 aliphatic heterocycles. The van der Waals surface area contributed by atoms with E-state index < -0.39 is 0 Å². The van der Waals surface area contributed by atoms with Crippen LogP contribution in [-0.2, 0) is 5.41 Å². The molecule has 0 aliphatic carbocycles. The number of aliphatic imine (C=N–C) groups is 2. The predicted octanol–water partition coefficient (Wildman–Crippen LogP) is 1.05. The molecule has 0 unspecified atom stereocenters. The average Bonchev–Trinajstić information content (AvgIpc) is 3.30. The van der Waals surface area contributed by atoms with Gasteiger partial charge < -0.3 is 5.11 Å². The van der Waals surface area contributed by atoms with E-state index in [2.05, 4.69) is 52.0 Å². The molecular formula is C18H26N8O. The van der Waals surface area contributed by atoms with Crippen LogP contribution in [0.1, 0.15) is 37.5 Å². The van der Waals surface area contributed by atoms with Gasteiger partial charge in [-0.15, -0.1) is 0 Å². The molecule has 144 valence electrons. The van der Waals surface area contributed by atoms with E-state index >= 15 is 0 Å². The van der Waals surface area contributed by atoms with Crippen molar-refractivity contribution in [2.24, 2.45) is 20.2 Å². The first-order chi connectivity index (χ1) is 12.9. The number of phenols is 1. The Morgan fingerprint density at radius 1 is 0.963 bits per heavy atom. The lowest BCUT2D eigenvalue weighted by molar-refractivity contribution is 0.354. The van der Waals surface area contributed by atoms with Gasteiger partial charge in [0.1, 0.15) is 18.4 Å². The Labute approximate surface area is 159 Å². The van der Waals surface area contributed by atoms with Crippen molar-refractivity contribution in [1.29, 1.82) is 0 Å². The summed E-state index contributed by atoms with van der Waals surface area (Å²) in [5, 5.41) is 22.6. The molecule has 0 bridgehead atoms. The van der Waals surface area contributed by atoms with Gasteiger partial charge in [-0.1, -0.05) is 20.8 Å². The van der Waals surface area contributed by atoms with Crippen LogP contribution in [0.15, 0.2) is 32.3 Å². The number of hydrogen-bond donors (Lipinski definition) is 3. The van der Waals surface area contributed by atoms with E-state index in [-0.39, 0.29) is 11.2 Å². The Kier molecular flexibility index (Phi) is 5.58. The number of aromatic hydroxyl groups is 1. The predicted molar refractivity (Wildman–Crippen MR) is 108 cm³/mol. The lowest BCUT2D eigenvalue weighted by Crippen LogP contribution is -2.31. The van der Waals surface area contributed by atoms with Gasteiger partial charge in [0, 0.05) is 11.1 Å². The molecule has 3 N–H and O–H groups in total. The Hall–Kier alpha value is -3.10. The maximum atomic E-state index is 10.6. The molecule has 0 aromatic heterocycles. The van der Waals surface area contributed by atoms with Gasteiger partial charge >= 0.3 is 0 Å². The third-order valence-corrected chi connectivity index (χ3v) is 4.20. The summed E-state index contributed by atoms with van der Waals surface area (Å²) in [6, 6.07) is 3.88. The molecular weight excluding hydrogens is 344 g/mol. The summed E-state index contributed by atoms with van der Waals surface area (Å²) in [5.41, 5.74) is 8.02. The summed E-state index contributed by atoms with van der Waals surface area (Å²) in [5.74, 6) is 0.129. The second-order valence-corrected chi connectivity index (χ2v) is 7.40. The number of benzene rings is 1. The zero-order valence-electron chi connectivity index (χ0n) is 15.9. The lowest BCUT2D eigenvalue weighted by Gasteiger charge is -2.21. The minimum absolute atomic E-state index is 0.0804. The van der Waals surface area contributed by atoms with E-state index in [4.69, 9.17) is 0 Å². The number of hydrazone groups is 2. The molecule has 9 heteroatoms. The highest BCUT2D eigenvalue weighted by atomic mass is 16.3. The Bertz CT molecular complexity index is 723. The first-order valence-electron chi connectivity index (χ1n) is 8.91. The van der Waals surface area contributed by atoms with Crippen LogP contribution in [0.5, 0.6) is 5.75 Å². The van der Waals surface area contributed by atoms with Crippen molar-refractivity contribution >= 4 is 25.1 Å². The Morgan fingerprint density at radius 3 is 1.81 bits per heavy atom. The molecule has 1 aromatic rings. The van der Waals surface area contributed by atoms with Crippen molar-refractivity contribution in [3.8, 4) is 5.75 Å². The molecule has 0 atom stereocenters. The molecule has 0 amide bonds.